The Hall–Kier alpha value is -3.93. The molecule has 0 radical (unpaired) electrons. The Morgan fingerprint density at radius 1 is 1.15 bits per heavy atom. The van der Waals surface area contributed by atoms with Crippen molar-refractivity contribution in [1.29, 1.82) is 0 Å². The second-order valence-corrected chi connectivity index (χ2v) is 11.5. The first kappa shape index (κ1) is 28.1. The van der Waals surface area contributed by atoms with E-state index in [1.54, 1.807) is 36.4 Å². The lowest BCUT2D eigenvalue weighted by atomic mass is 9.80. The molecule has 3 heterocycles. The number of aromatic nitrogens is 2. The van der Waals surface area contributed by atoms with Gasteiger partial charge >= 0.3 is 6.09 Å². The SMILES string of the molecule is CC(=O)CN1C(=O)S/C(=C\c2ccc(Oc3cc(OC4CCN(C(=O)O)C(C(C)(C)C)C4)ncn3)cc2)C1=O. The number of ketones is 1. The molecule has 0 aliphatic carbocycles. The monoisotopic (exact) mass is 554 g/mol. The van der Waals surface area contributed by atoms with E-state index in [4.69, 9.17) is 9.47 Å². The van der Waals surface area contributed by atoms with Gasteiger partial charge in [-0.3, -0.25) is 19.3 Å². The van der Waals surface area contributed by atoms with Crippen molar-refractivity contribution in [1.82, 2.24) is 19.8 Å². The average Bonchev–Trinajstić information content (AvgIpc) is 3.11. The van der Waals surface area contributed by atoms with Gasteiger partial charge in [-0.1, -0.05) is 32.9 Å². The van der Waals surface area contributed by atoms with Gasteiger partial charge in [-0.2, -0.15) is 0 Å². The van der Waals surface area contributed by atoms with E-state index in [0.29, 0.717) is 36.6 Å². The Bertz CT molecular complexity index is 1310. The molecule has 1 aromatic heterocycles. The first-order valence-electron chi connectivity index (χ1n) is 12.4. The Morgan fingerprint density at radius 2 is 1.85 bits per heavy atom. The summed E-state index contributed by atoms with van der Waals surface area (Å²) in [6.45, 7) is 7.51. The Kier molecular flexibility index (Phi) is 8.24. The molecule has 0 bridgehead atoms. The summed E-state index contributed by atoms with van der Waals surface area (Å²) in [5.41, 5.74) is 0.443. The molecule has 2 unspecified atom stereocenters. The third kappa shape index (κ3) is 6.94. The number of thioether (sulfide) groups is 1. The van der Waals surface area contributed by atoms with Crippen LogP contribution < -0.4 is 9.47 Å². The zero-order valence-electron chi connectivity index (χ0n) is 22.1. The van der Waals surface area contributed by atoms with Gasteiger partial charge in [0.05, 0.1) is 17.5 Å². The van der Waals surface area contributed by atoms with Crippen molar-refractivity contribution in [3.63, 3.8) is 0 Å². The highest BCUT2D eigenvalue weighted by molar-refractivity contribution is 8.18. The molecule has 2 aliphatic heterocycles. The highest BCUT2D eigenvalue weighted by Crippen LogP contribution is 2.34. The molecule has 1 aromatic carbocycles. The number of benzene rings is 1. The third-order valence-corrected chi connectivity index (χ3v) is 7.27. The summed E-state index contributed by atoms with van der Waals surface area (Å²) in [5, 5.41) is 9.11. The maximum Gasteiger partial charge on any atom is 0.407 e. The third-order valence-electron chi connectivity index (χ3n) is 6.36. The van der Waals surface area contributed by atoms with E-state index in [-0.39, 0.29) is 40.7 Å². The zero-order valence-corrected chi connectivity index (χ0v) is 22.9. The van der Waals surface area contributed by atoms with Gasteiger partial charge in [0.1, 0.15) is 24.0 Å². The topological polar surface area (TPSA) is 139 Å². The highest BCUT2D eigenvalue weighted by Gasteiger charge is 2.39. The number of carboxylic acid groups (broad SMARTS) is 1. The van der Waals surface area contributed by atoms with Crippen molar-refractivity contribution in [3.05, 3.63) is 47.1 Å². The number of rotatable bonds is 7. The second-order valence-electron chi connectivity index (χ2n) is 10.5. The van der Waals surface area contributed by atoms with Gasteiger partial charge in [0.15, 0.2) is 0 Å². The van der Waals surface area contributed by atoms with E-state index in [9.17, 15) is 24.3 Å². The first-order valence-corrected chi connectivity index (χ1v) is 13.2. The lowest BCUT2D eigenvalue weighted by Gasteiger charge is -2.44. The average molecular weight is 555 g/mol. The number of nitrogens with zero attached hydrogens (tertiary/aromatic N) is 4. The molecule has 2 atom stereocenters. The van der Waals surface area contributed by atoms with E-state index in [0.717, 1.165) is 16.7 Å². The molecule has 0 saturated carbocycles. The number of carbonyl (C=O) groups excluding carboxylic acids is 3. The molecule has 11 nitrogen and oxygen atoms in total. The van der Waals surface area contributed by atoms with E-state index in [1.165, 1.54) is 18.2 Å². The number of hydrogen-bond acceptors (Lipinski definition) is 9. The summed E-state index contributed by atoms with van der Waals surface area (Å²) in [6.07, 6.45) is 2.90. The molecule has 206 valence electrons. The number of amides is 3. The summed E-state index contributed by atoms with van der Waals surface area (Å²) in [6, 6.07) is 8.25. The van der Waals surface area contributed by atoms with Crippen LogP contribution in [0.2, 0.25) is 0 Å². The van der Waals surface area contributed by atoms with Crippen LogP contribution in [0.15, 0.2) is 41.6 Å². The molecule has 39 heavy (non-hydrogen) atoms. The fraction of sp³-hybridized carbons (Fsp3) is 0.407. The van der Waals surface area contributed by atoms with Crippen LogP contribution in [0.3, 0.4) is 0 Å². The maximum atomic E-state index is 12.4. The number of likely N-dealkylation sites (tertiary alicyclic amines) is 1. The summed E-state index contributed by atoms with van der Waals surface area (Å²) in [4.78, 5) is 58.5. The summed E-state index contributed by atoms with van der Waals surface area (Å²) < 4.78 is 11.9. The number of ether oxygens (including phenoxy) is 2. The molecule has 2 saturated heterocycles. The predicted molar refractivity (Wildman–Crippen MR) is 144 cm³/mol. The van der Waals surface area contributed by atoms with Gasteiger partial charge in [0.2, 0.25) is 11.8 Å². The minimum absolute atomic E-state index is 0.187. The van der Waals surface area contributed by atoms with Gasteiger partial charge in [0.25, 0.3) is 11.1 Å². The van der Waals surface area contributed by atoms with Crippen LogP contribution in [0.1, 0.15) is 46.1 Å². The molecule has 3 amide bonds. The van der Waals surface area contributed by atoms with Crippen LogP contribution in [0, 0.1) is 5.41 Å². The van der Waals surface area contributed by atoms with E-state index >= 15 is 0 Å². The fourth-order valence-electron chi connectivity index (χ4n) is 4.47. The summed E-state index contributed by atoms with van der Waals surface area (Å²) in [5.74, 6) is 0.337. The van der Waals surface area contributed by atoms with Crippen molar-refractivity contribution >= 4 is 40.9 Å². The standard InChI is InChI=1S/C27H30N4O7S/c1-16(32)14-31-24(33)20(39-26(31)36)11-17-5-7-18(8-6-17)37-22-13-23(29-15-28-22)38-19-9-10-30(25(34)35)21(12-19)27(2,3)4/h5-8,11,13,15,19,21H,9-10,12,14H2,1-4H3,(H,34,35)/b20-11-. The molecular weight excluding hydrogens is 524 g/mol. The van der Waals surface area contributed by atoms with Gasteiger partial charge in [-0.15, -0.1) is 0 Å². The molecule has 12 heteroatoms. The van der Waals surface area contributed by atoms with Crippen molar-refractivity contribution in [3.8, 4) is 17.5 Å². The Balaban J connectivity index is 1.39. The van der Waals surface area contributed by atoms with E-state index in [2.05, 4.69) is 9.97 Å². The quantitative estimate of drug-likeness (QED) is 0.473. The number of Topliss-reactive ketones (excluding diaryl/α,β-unsaturated/α-hetero) is 1. The van der Waals surface area contributed by atoms with Crippen molar-refractivity contribution in [2.24, 2.45) is 5.41 Å². The molecule has 4 rings (SSSR count). The molecular formula is C27H30N4O7S. The lowest BCUT2D eigenvalue weighted by molar-refractivity contribution is -0.127. The van der Waals surface area contributed by atoms with Crippen LogP contribution in [-0.4, -0.2) is 73.1 Å². The molecule has 2 aromatic rings. The van der Waals surface area contributed by atoms with Crippen LogP contribution in [0.5, 0.6) is 17.5 Å². The second kappa shape index (κ2) is 11.4. The molecule has 1 N–H and O–H groups in total. The van der Waals surface area contributed by atoms with Crippen LogP contribution in [-0.2, 0) is 9.59 Å². The van der Waals surface area contributed by atoms with Crippen LogP contribution in [0.4, 0.5) is 9.59 Å². The first-order chi connectivity index (χ1) is 18.4. The summed E-state index contributed by atoms with van der Waals surface area (Å²) >= 11 is 0.796. The number of imide groups is 1. The van der Waals surface area contributed by atoms with Crippen LogP contribution in [0.25, 0.3) is 6.08 Å². The van der Waals surface area contributed by atoms with Gasteiger partial charge in [-0.05, 0) is 47.9 Å². The molecule has 0 spiro atoms. The van der Waals surface area contributed by atoms with Gasteiger partial charge in [0, 0.05) is 25.4 Å². The predicted octanol–water partition coefficient (Wildman–Crippen LogP) is 4.83. The van der Waals surface area contributed by atoms with Crippen molar-refractivity contribution in [2.75, 3.05) is 13.1 Å². The number of carbonyl (C=O) groups is 4. The Morgan fingerprint density at radius 3 is 2.49 bits per heavy atom. The maximum absolute atomic E-state index is 12.4. The molecule has 2 fully saturated rings. The molecule has 2 aliphatic rings. The van der Waals surface area contributed by atoms with E-state index < -0.39 is 17.2 Å². The van der Waals surface area contributed by atoms with Crippen molar-refractivity contribution in [2.45, 2.75) is 52.7 Å². The lowest BCUT2D eigenvalue weighted by Crippen LogP contribution is -2.53. The van der Waals surface area contributed by atoms with Crippen LogP contribution >= 0.6 is 11.8 Å². The smallest absolute Gasteiger partial charge is 0.407 e. The fourth-order valence-corrected chi connectivity index (χ4v) is 5.31. The van der Waals surface area contributed by atoms with Gasteiger partial charge < -0.3 is 19.5 Å². The normalized spacial score (nSPS) is 20.9. The van der Waals surface area contributed by atoms with E-state index in [1.807, 2.05) is 20.8 Å². The van der Waals surface area contributed by atoms with Gasteiger partial charge in [-0.25, -0.2) is 14.8 Å². The number of hydrogen-bond donors (Lipinski definition) is 1. The largest absolute Gasteiger partial charge is 0.474 e. The minimum atomic E-state index is -0.926. The highest BCUT2D eigenvalue weighted by atomic mass is 32.2. The number of piperidine rings is 1. The zero-order chi connectivity index (χ0) is 28.3. The van der Waals surface area contributed by atoms with Crippen molar-refractivity contribution < 1.29 is 33.8 Å². The Labute approximate surface area is 230 Å². The minimum Gasteiger partial charge on any atom is -0.474 e. The summed E-state index contributed by atoms with van der Waals surface area (Å²) in [7, 11) is 0.